The third-order valence-corrected chi connectivity index (χ3v) is 2.26. The van der Waals surface area contributed by atoms with Crippen molar-refractivity contribution in [1.29, 1.82) is 0 Å². The Morgan fingerprint density at radius 1 is 1.07 bits per heavy atom. The van der Waals surface area contributed by atoms with Crippen LogP contribution in [0.2, 0.25) is 0 Å². The van der Waals surface area contributed by atoms with Gasteiger partial charge in [0.25, 0.3) is 0 Å². The van der Waals surface area contributed by atoms with Crippen LogP contribution in [0.4, 0.5) is 13.2 Å². The van der Waals surface area contributed by atoms with Crippen LogP contribution < -0.4 is 0 Å². The fourth-order valence-corrected chi connectivity index (χ4v) is 1.42. The van der Waals surface area contributed by atoms with Crippen molar-refractivity contribution in [1.82, 2.24) is 9.78 Å². The SMILES string of the molecule is Cc1nn(C(C)(C)C)c(C(F)(F)F)c1C. The minimum Gasteiger partial charge on any atom is -0.255 e. The van der Waals surface area contributed by atoms with Crippen LogP contribution >= 0.6 is 0 Å². The van der Waals surface area contributed by atoms with Gasteiger partial charge >= 0.3 is 6.18 Å². The molecule has 1 heterocycles. The molecule has 0 fully saturated rings. The average molecular weight is 220 g/mol. The summed E-state index contributed by atoms with van der Waals surface area (Å²) in [4.78, 5) is 0. The Labute approximate surface area is 87.1 Å². The highest BCUT2D eigenvalue weighted by Crippen LogP contribution is 2.35. The highest BCUT2D eigenvalue weighted by atomic mass is 19.4. The molecule has 15 heavy (non-hydrogen) atoms. The predicted molar refractivity (Wildman–Crippen MR) is 51.7 cm³/mol. The molecule has 0 aliphatic carbocycles. The summed E-state index contributed by atoms with van der Waals surface area (Å²) in [5, 5.41) is 3.94. The van der Waals surface area contributed by atoms with Crippen LogP contribution in [-0.2, 0) is 11.7 Å². The second kappa shape index (κ2) is 3.25. The van der Waals surface area contributed by atoms with Crippen LogP contribution in [0.3, 0.4) is 0 Å². The third-order valence-electron chi connectivity index (χ3n) is 2.26. The van der Waals surface area contributed by atoms with Gasteiger partial charge in [-0.15, -0.1) is 0 Å². The first-order chi connectivity index (χ1) is 6.55. The molecule has 86 valence electrons. The summed E-state index contributed by atoms with van der Waals surface area (Å²) in [5.41, 5.74) is -0.675. The third kappa shape index (κ3) is 2.16. The summed E-state index contributed by atoms with van der Waals surface area (Å²) in [6.07, 6.45) is -4.35. The Balaban J connectivity index is 3.48. The average Bonchev–Trinajstić information content (AvgIpc) is 2.25. The maximum atomic E-state index is 12.8. The predicted octanol–water partition coefficient (Wildman–Crippen LogP) is 3.27. The lowest BCUT2D eigenvalue weighted by molar-refractivity contribution is -0.146. The number of aryl methyl sites for hydroxylation is 1. The second-order valence-corrected chi connectivity index (χ2v) is 4.64. The van der Waals surface area contributed by atoms with Crippen LogP contribution in [0.5, 0.6) is 0 Å². The number of halogens is 3. The zero-order chi connectivity index (χ0) is 12.0. The maximum absolute atomic E-state index is 12.8. The normalized spacial score (nSPS) is 13.3. The van der Waals surface area contributed by atoms with E-state index in [4.69, 9.17) is 0 Å². The van der Waals surface area contributed by atoms with Crippen LogP contribution in [-0.4, -0.2) is 9.78 Å². The fraction of sp³-hybridized carbons (Fsp3) is 0.700. The number of hydrogen-bond donors (Lipinski definition) is 0. The fourth-order valence-electron chi connectivity index (χ4n) is 1.42. The molecule has 0 amide bonds. The molecule has 2 nitrogen and oxygen atoms in total. The molecule has 0 N–H and O–H groups in total. The van der Waals surface area contributed by atoms with Gasteiger partial charge in [0, 0.05) is 5.56 Å². The van der Waals surface area contributed by atoms with Crippen LogP contribution in [0.1, 0.15) is 37.7 Å². The zero-order valence-corrected chi connectivity index (χ0v) is 9.53. The Morgan fingerprint density at radius 2 is 1.53 bits per heavy atom. The molecular weight excluding hydrogens is 205 g/mol. The minimum absolute atomic E-state index is 0.206. The number of nitrogens with zero attached hydrogens (tertiary/aromatic N) is 2. The van der Waals surface area contributed by atoms with Crippen molar-refractivity contribution in [2.45, 2.75) is 46.3 Å². The highest BCUT2D eigenvalue weighted by molar-refractivity contribution is 5.27. The van der Waals surface area contributed by atoms with Crippen molar-refractivity contribution in [2.24, 2.45) is 0 Å². The van der Waals surface area contributed by atoms with Crippen molar-refractivity contribution in [2.75, 3.05) is 0 Å². The van der Waals surface area contributed by atoms with Gasteiger partial charge in [-0.05, 0) is 34.6 Å². The molecule has 0 aliphatic heterocycles. The number of aromatic nitrogens is 2. The largest absolute Gasteiger partial charge is 0.433 e. The van der Waals surface area contributed by atoms with E-state index in [1.807, 2.05) is 0 Å². The number of alkyl halides is 3. The molecule has 0 spiro atoms. The lowest BCUT2D eigenvalue weighted by Crippen LogP contribution is -2.29. The molecule has 0 bridgehead atoms. The van der Waals surface area contributed by atoms with E-state index in [9.17, 15) is 13.2 Å². The van der Waals surface area contributed by atoms with Crippen molar-refractivity contribution in [3.63, 3.8) is 0 Å². The van der Waals surface area contributed by atoms with E-state index in [1.165, 1.54) is 6.92 Å². The zero-order valence-electron chi connectivity index (χ0n) is 9.53. The summed E-state index contributed by atoms with van der Waals surface area (Å²) in [7, 11) is 0. The maximum Gasteiger partial charge on any atom is 0.433 e. The first-order valence-electron chi connectivity index (χ1n) is 4.69. The summed E-state index contributed by atoms with van der Waals surface area (Å²) in [5.74, 6) is 0. The molecule has 0 unspecified atom stereocenters. The summed E-state index contributed by atoms with van der Waals surface area (Å²) >= 11 is 0. The Bertz CT molecular complexity index is 369. The molecule has 1 aromatic heterocycles. The van der Waals surface area contributed by atoms with Gasteiger partial charge in [-0.3, -0.25) is 4.68 Å². The number of rotatable bonds is 0. The topological polar surface area (TPSA) is 17.8 Å². The van der Waals surface area contributed by atoms with E-state index >= 15 is 0 Å². The van der Waals surface area contributed by atoms with E-state index in [0.717, 1.165) is 4.68 Å². The highest BCUT2D eigenvalue weighted by Gasteiger charge is 2.40. The van der Waals surface area contributed by atoms with Crippen molar-refractivity contribution in [3.05, 3.63) is 17.0 Å². The molecule has 0 saturated heterocycles. The quantitative estimate of drug-likeness (QED) is 0.656. The minimum atomic E-state index is -4.35. The van der Waals surface area contributed by atoms with Crippen LogP contribution in [0.25, 0.3) is 0 Å². The van der Waals surface area contributed by atoms with E-state index in [-0.39, 0.29) is 5.56 Å². The van der Waals surface area contributed by atoms with Gasteiger partial charge in [-0.25, -0.2) is 0 Å². The summed E-state index contributed by atoms with van der Waals surface area (Å²) in [6, 6.07) is 0. The monoisotopic (exact) mass is 220 g/mol. The van der Waals surface area contributed by atoms with Crippen LogP contribution in [0, 0.1) is 13.8 Å². The second-order valence-electron chi connectivity index (χ2n) is 4.64. The van der Waals surface area contributed by atoms with Gasteiger partial charge in [0.15, 0.2) is 0 Å². The first kappa shape index (κ1) is 12.1. The molecular formula is C10H15F3N2. The van der Waals surface area contributed by atoms with Crippen molar-refractivity contribution >= 4 is 0 Å². The number of hydrogen-bond acceptors (Lipinski definition) is 1. The first-order valence-corrected chi connectivity index (χ1v) is 4.69. The molecule has 0 aromatic carbocycles. The molecule has 5 heteroatoms. The van der Waals surface area contributed by atoms with E-state index in [1.54, 1.807) is 27.7 Å². The van der Waals surface area contributed by atoms with Gasteiger partial charge < -0.3 is 0 Å². The van der Waals surface area contributed by atoms with Crippen molar-refractivity contribution in [3.8, 4) is 0 Å². The molecule has 1 aromatic rings. The van der Waals surface area contributed by atoms with Crippen LogP contribution in [0.15, 0.2) is 0 Å². The molecule has 0 atom stereocenters. The van der Waals surface area contributed by atoms with Gasteiger partial charge in [0.2, 0.25) is 0 Å². The molecule has 0 radical (unpaired) electrons. The van der Waals surface area contributed by atoms with E-state index in [0.29, 0.717) is 5.69 Å². The van der Waals surface area contributed by atoms with Gasteiger partial charge in [0.05, 0.1) is 11.2 Å². The summed E-state index contributed by atoms with van der Waals surface area (Å²) in [6.45, 7) is 8.15. The summed E-state index contributed by atoms with van der Waals surface area (Å²) < 4.78 is 39.4. The van der Waals surface area contributed by atoms with E-state index in [2.05, 4.69) is 5.10 Å². The van der Waals surface area contributed by atoms with Gasteiger partial charge in [-0.1, -0.05) is 0 Å². The smallest absolute Gasteiger partial charge is 0.255 e. The Hall–Kier alpha value is -1.00. The molecule has 0 saturated carbocycles. The Kier molecular flexibility index (Phi) is 2.62. The standard InChI is InChI=1S/C10H15F3N2/c1-6-7(2)14-15(9(3,4)5)8(6)10(11,12)13/h1-5H3. The van der Waals surface area contributed by atoms with Gasteiger partial charge in [-0.2, -0.15) is 18.3 Å². The lowest BCUT2D eigenvalue weighted by atomic mass is 10.1. The Morgan fingerprint density at radius 3 is 1.80 bits per heavy atom. The van der Waals surface area contributed by atoms with E-state index < -0.39 is 17.4 Å². The molecule has 0 aliphatic rings. The van der Waals surface area contributed by atoms with Crippen molar-refractivity contribution < 1.29 is 13.2 Å². The van der Waals surface area contributed by atoms with Gasteiger partial charge in [0.1, 0.15) is 5.69 Å². The molecule has 1 rings (SSSR count). The lowest BCUT2D eigenvalue weighted by Gasteiger charge is -2.23.